The summed E-state index contributed by atoms with van der Waals surface area (Å²) in [6.45, 7) is 1.64. The van der Waals surface area contributed by atoms with Gasteiger partial charge >= 0.3 is 0 Å². The predicted molar refractivity (Wildman–Crippen MR) is 78.1 cm³/mol. The van der Waals surface area contributed by atoms with Gasteiger partial charge in [-0.25, -0.2) is 12.8 Å². The minimum absolute atomic E-state index is 0.0180. The second-order valence-corrected chi connectivity index (χ2v) is 6.38. The van der Waals surface area contributed by atoms with Crippen molar-refractivity contribution in [2.24, 2.45) is 0 Å². The number of anilines is 1. The fraction of sp³-hybridized carbons (Fsp3) is 0.0714. The molecule has 0 spiro atoms. The van der Waals surface area contributed by atoms with Gasteiger partial charge in [-0.05, 0) is 42.8 Å². The molecular weight excluding hydrogens is 315 g/mol. The van der Waals surface area contributed by atoms with Gasteiger partial charge in [-0.15, -0.1) is 0 Å². The second-order valence-electron chi connectivity index (χ2n) is 4.32. The molecule has 0 atom stereocenters. The Morgan fingerprint density at radius 2 is 1.95 bits per heavy atom. The lowest BCUT2D eigenvalue weighted by molar-refractivity contribution is 0.601. The van der Waals surface area contributed by atoms with Crippen molar-refractivity contribution in [3.63, 3.8) is 0 Å². The Morgan fingerprint density at radius 1 is 1.24 bits per heavy atom. The molecular formula is C14H10ClFN2O2S. The van der Waals surface area contributed by atoms with Crippen LogP contribution in [0.5, 0.6) is 0 Å². The number of nitrogens with zero attached hydrogens (tertiary/aromatic N) is 1. The summed E-state index contributed by atoms with van der Waals surface area (Å²) >= 11 is 5.87. The van der Waals surface area contributed by atoms with E-state index < -0.39 is 15.8 Å². The molecule has 0 radical (unpaired) electrons. The Labute approximate surface area is 126 Å². The summed E-state index contributed by atoms with van der Waals surface area (Å²) < 4.78 is 40.1. The molecule has 0 aliphatic rings. The first-order valence-corrected chi connectivity index (χ1v) is 7.68. The second kappa shape index (κ2) is 5.72. The number of hydrogen-bond donors (Lipinski definition) is 1. The van der Waals surface area contributed by atoms with Gasteiger partial charge in [0, 0.05) is 0 Å². The molecule has 4 nitrogen and oxygen atoms in total. The van der Waals surface area contributed by atoms with E-state index in [-0.39, 0.29) is 21.2 Å². The molecule has 0 unspecified atom stereocenters. The lowest BCUT2D eigenvalue weighted by atomic mass is 10.2. The summed E-state index contributed by atoms with van der Waals surface area (Å²) in [6.07, 6.45) is 0. The highest BCUT2D eigenvalue weighted by atomic mass is 35.5. The summed E-state index contributed by atoms with van der Waals surface area (Å²) in [4.78, 5) is -0.230. The molecule has 0 saturated carbocycles. The molecule has 7 heteroatoms. The van der Waals surface area contributed by atoms with Gasteiger partial charge in [-0.1, -0.05) is 17.7 Å². The van der Waals surface area contributed by atoms with Gasteiger partial charge in [0.15, 0.2) is 0 Å². The summed E-state index contributed by atoms with van der Waals surface area (Å²) in [6, 6.07) is 9.51. The van der Waals surface area contributed by atoms with Gasteiger partial charge in [0.05, 0.1) is 22.3 Å². The van der Waals surface area contributed by atoms with Gasteiger partial charge in [0.2, 0.25) is 0 Å². The third-order valence-electron chi connectivity index (χ3n) is 2.79. The minimum Gasteiger partial charge on any atom is -0.279 e. The fourth-order valence-corrected chi connectivity index (χ4v) is 3.33. The summed E-state index contributed by atoms with van der Waals surface area (Å²) in [7, 11) is -4.02. The first-order valence-electron chi connectivity index (χ1n) is 5.82. The van der Waals surface area contributed by atoms with E-state index in [0.717, 1.165) is 6.07 Å². The van der Waals surface area contributed by atoms with Crippen LogP contribution >= 0.6 is 11.6 Å². The highest BCUT2D eigenvalue weighted by Crippen LogP contribution is 2.26. The van der Waals surface area contributed by atoms with E-state index in [0.29, 0.717) is 5.56 Å². The average molecular weight is 325 g/mol. The van der Waals surface area contributed by atoms with Crippen LogP contribution < -0.4 is 4.72 Å². The SMILES string of the molecule is Cc1ccc(F)cc1NS(=O)(=O)c1cc(C#N)ccc1Cl. The smallest absolute Gasteiger partial charge is 0.263 e. The summed E-state index contributed by atoms with van der Waals surface area (Å²) in [5, 5.41) is 8.81. The molecule has 0 fully saturated rings. The number of sulfonamides is 1. The lowest BCUT2D eigenvalue weighted by Crippen LogP contribution is -2.14. The molecule has 21 heavy (non-hydrogen) atoms. The Balaban J connectivity index is 2.48. The first kappa shape index (κ1) is 15.3. The normalized spacial score (nSPS) is 11.0. The summed E-state index contributed by atoms with van der Waals surface area (Å²) in [5.74, 6) is -0.560. The number of benzene rings is 2. The largest absolute Gasteiger partial charge is 0.279 e. The minimum atomic E-state index is -4.02. The van der Waals surface area contributed by atoms with E-state index >= 15 is 0 Å². The van der Waals surface area contributed by atoms with E-state index in [9.17, 15) is 12.8 Å². The lowest BCUT2D eigenvalue weighted by Gasteiger charge is -2.12. The van der Waals surface area contributed by atoms with Crippen LogP contribution in [0.3, 0.4) is 0 Å². The van der Waals surface area contributed by atoms with Gasteiger partial charge in [0.25, 0.3) is 10.0 Å². The van der Waals surface area contributed by atoms with E-state index in [2.05, 4.69) is 4.72 Å². The Kier molecular flexibility index (Phi) is 4.16. The van der Waals surface area contributed by atoms with Crippen LogP contribution in [0.1, 0.15) is 11.1 Å². The Bertz CT molecular complexity index is 845. The van der Waals surface area contributed by atoms with Gasteiger partial charge in [-0.2, -0.15) is 5.26 Å². The predicted octanol–water partition coefficient (Wildman–Crippen LogP) is 3.46. The highest BCUT2D eigenvalue weighted by Gasteiger charge is 2.19. The Morgan fingerprint density at radius 3 is 2.62 bits per heavy atom. The van der Waals surface area contributed by atoms with Crippen LogP contribution in [-0.2, 0) is 10.0 Å². The molecule has 0 amide bonds. The maximum absolute atomic E-state index is 13.2. The fourth-order valence-electron chi connectivity index (χ4n) is 1.68. The monoisotopic (exact) mass is 324 g/mol. The average Bonchev–Trinajstić information content (AvgIpc) is 2.43. The van der Waals surface area contributed by atoms with Crippen LogP contribution in [0.15, 0.2) is 41.3 Å². The third kappa shape index (κ3) is 3.32. The van der Waals surface area contributed by atoms with Crippen molar-refractivity contribution < 1.29 is 12.8 Å². The number of halogens is 2. The van der Waals surface area contributed by atoms with E-state index in [1.165, 1.54) is 30.3 Å². The standard InChI is InChI=1S/C14H10ClFN2O2S/c1-9-2-4-11(16)7-13(9)18-21(19,20)14-6-10(8-17)3-5-12(14)15/h2-7,18H,1H3. The zero-order chi connectivity index (χ0) is 15.6. The zero-order valence-corrected chi connectivity index (χ0v) is 12.5. The van der Waals surface area contributed by atoms with Crippen molar-refractivity contribution in [1.82, 2.24) is 0 Å². The van der Waals surface area contributed by atoms with Crippen LogP contribution in [-0.4, -0.2) is 8.42 Å². The third-order valence-corrected chi connectivity index (χ3v) is 4.64. The number of rotatable bonds is 3. The van der Waals surface area contributed by atoms with Crippen LogP contribution in [0, 0.1) is 24.1 Å². The molecule has 0 aliphatic carbocycles. The van der Waals surface area contributed by atoms with Gasteiger partial charge < -0.3 is 0 Å². The molecule has 0 aromatic heterocycles. The topological polar surface area (TPSA) is 70.0 Å². The van der Waals surface area contributed by atoms with Crippen molar-refractivity contribution in [1.29, 1.82) is 5.26 Å². The number of hydrogen-bond acceptors (Lipinski definition) is 3. The number of nitriles is 1. The molecule has 0 heterocycles. The van der Waals surface area contributed by atoms with E-state index in [4.69, 9.17) is 16.9 Å². The van der Waals surface area contributed by atoms with Gasteiger partial charge in [-0.3, -0.25) is 4.72 Å². The number of aryl methyl sites for hydroxylation is 1. The molecule has 2 aromatic rings. The first-order chi connectivity index (χ1) is 9.83. The van der Waals surface area contributed by atoms with Crippen molar-refractivity contribution in [3.8, 4) is 6.07 Å². The number of nitrogens with one attached hydrogen (secondary N) is 1. The van der Waals surface area contributed by atoms with Crippen LogP contribution in [0.4, 0.5) is 10.1 Å². The molecule has 2 rings (SSSR count). The summed E-state index contributed by atoms with van der Waals surface area (Å²) in [5.41, 5.74) is 0.844. The molecule has 0 bridgehead atoms. The van der Waals surface area contributed by atoms with Crippen molar-refractivity contribution in [2.45, 2.75) is 11.8 Å². The molecule has 1 N–H and O–H groups in total. The Hall–Kier alpha value is -2.10. The molecule has 0 aliphatic heterocycles. The van der Waals surface area contributed by atoms with Crippen LogP contribution in [0.25, 0.3) is 0 Å². The van der Waals surface area contributed by atoms with E-state index in [1.54, 1.807) is 6.92 Å². The molecule has 2 aromatic carbocycles. The highest BCUT2D eigenvalue weighted by molar-refractivity contribution is 7.92. The van der Waals surface area contributed by atoms with Crippen LogP contribution in [0.2, 0.25) is 5.02 Å². The van der Waals surface area contributed by atoms with Crippen molar-refractivity contribution >= 4 is 27.3 Å². The zero-order valence-electron chi connectivity index (χ0n) is 10.9. The van der Waals surface area contributed by atoms with Crippen molar-refractivity contribution in [3.05, 3.63) is 58.4 Å². The van der Waals surface area contributed by atoms with Crippen molar-refractivity contribution in [2.75, 3.05) is 4.72 Å². The molecule has 0 saturated heterocycles. The quantitative estimate of drug-likeness (QED) is 0.940. The van der Waals surface area contributed by atoms with E-state index in [1.807, 2.05) is 6.07 Å². The van der Waals surface area contributed by atoms with Gasteiger partial charge in [0.1, 0.15) is 10.7 Å². The maximum atomic E-state index is 13.2. The maximum Gasteiger partial charge on any atom is 0.263 e. The molecule has 108 valence electrons.